The fourth-order valence-electron chi connectivity index (χ4n) is 3.28. The summed E-state index contributed by atoms with van der Waals surface area (Å²) in [5.41, 5.74) is -1.47. The predicted molar refractivity (Wildman–Crippen MR) is 120 cm³/mol. The fraction of sp³-hybridized carbons (Fsp3) is 0.130. The average Bonchev–Trinajstić information content (AvgIpc) is 3.22. The van der Waals surface area contributed by atoms with Crippen LogP contribution >= 0.6 is 11.6 Å². The Hall–Kier alpha value is -4.12. The highest BCUT2D eigenvalue weighted by molar-refractivity contribution is 6.30. The molecule has 12 heteroatoms. The van der Waals surface area contributed by atoms with Gasteiger partial charge in [0.2, 0.25) is 0 Å². The number of hydrogen-bond donors (Lipinski definition) is 1. The van der Waals surface area contributed by atoms with Crippen molar-refractivity contribution in [2.75, 3.05) is 13.6 Å². The summed E-state index contributed by atoms with van der Waals surface area (Å²) in [6.07, 6.45) is -3.86. The number of nitrogens with zero attached hydrogens (tertiary/aromatic N) is 4. The van der Waals surface area contributed by atoms with Gasteiger partial charge < -0.3 is 14.7 Å². The number of likely N-dealkylation sites (N-methyl/N-ethyl adjacent to an activating group) is 1. The molecule has 2 heterocycles. The standard InChI is InChI=1S/C23H16ClF3N4O4/c1-30(12-20(32)33)22(34)17-11-28-31-19(23(25,26)27)10-18(29-21(17)31)13-2-6-15(7-3-13)35-16-8-4-14(24)5-9-16/h2-11H,12H2,1H3,(H,32,33). The van der Waals surface area contributed by atoms with E-state index in [-0.39, 0.29) is 16.9 Å². The summed E-state index contributed by atoms with van der Waals surface area (Å²) in [6.45, 7) is -0.642. The highest BCUT2D eigenvalue weighted by atomic mass is 35.5. The molecule has 1 amide bonds. The number of carboxylic acid groups (broad SMARTS) is 1. The van der Waals surface area contributed by atoms with E-state index >= 15 is 0 Å². The van der Waals surface area contributed by atoms with Crippen molar-refractivity contribution in [3.63, 3.8) is 0 Å². The number of benzene rings is 2. The Kier molecular flexibility index (Phi) is 6.35. The Balaban J connectivity index is 1.73. The first-order valence-electron chi connectivity index (χ1n) is 10.00. The molecular weight excluding hydrogens is 489 g/mol. The molecule has 0 saturated carbocycles. The molecule has 0 bridgehead atoms. The van der Waals surface area contributed by atoms with Gasteiger partial charge in [-0.05, 0) is 54.6 Å². The number of carbonyl (C=O) groups excluding carboxylic acids is 1. The summed E-state index contributed by atoms with van der Waals surface area (Å²) >= 11 is 5.85. The van der Waals surface area contributed by atoms with E-state index in [2.05, 4.69) is 10.1 Å². The summed E-state index contributed by atoms with van der Waals surface area (Å²) in [6, 6.07) is 13.6. The van der Waals surface area contributed by atoms with Crippen molar-refractivity contribution in [1.82, 2.24) is 19.5 Å². The molecule has 0 radical (unpaired) electrons. The van der Waals surface area contributed by atoms with Crippen LogP contribution in [0.5, 0.6) is 11.5 Å². The third-order valence-corrected chi connectivity index (χ3v) is 5.16. The van der Waals surface area contributed by atoms with Gasteiger partial charge >= 0.3 is 12.1 Å². The fourth-order valence-corrected chi connectivity index (χ4v) is 3.40. The van der Waals surface area contributed by atoms with E-state index in [4.69, 9.17) is 21.4 Å². The second kappa shape index (κ2) is 9.26. The number of aliphatic carboxylic acids is 1. The van der Waals surface area contributed by atoms with Crippen molar-refractivity contribution < 1.29 is 32.6 Å². The third kappa shape index (κ3) is 5.19. The molecule has 0 aliphatic carbocycles. The van der Waals surface area contributed by atoms with Crippen LogP contribution in [0.3, 0.4) is 0 Å². The van der Waals surface area contributed by atoms with Gasteiger partial charge in [-0.15, -0.1) is 0 Å². The maximum atomic E-state index is 13.8. The molecule has 35 heavy (non-hydrogen) atoms. The van der Waals surface area contributed by atoms with Crippen molar-refractivity contribution in [2.24, 2.45) is 0 Å². The zero-order chi connectivity index (χ0) is 25.3. The monoisotopic (exact) mass is 504 g/mol. The quantitative estimate of drug-likeness (QED) is 0.396. The van der Waals surface area contributed by atoms with Crippen molar-refractivity contribution in [2.45, 2.75) is 6.18 Å². The van der Waals surface area contributed by atoms with Gasteiger partial charge in [0, 0.05) is 17.6 Å². The molecule has 4 rings (SSSR count). The average molecular weight is 505 g/mol. The molecule has 0 unspecified atom stereocenters. The van der Waals surface area contributed by atoms with Crippen LogP contribution < -0.4 is 4.74 Å². The number of rotatable bonds is 6. The molecule has 0 aliphatic rings. The summed E-state index contributed by atoms with van der Waals surface area (Å²) in [5, 5.41) is 13.1. The Morgan fingerprint density at radius 3 is 2.26 bits per heavy atom. The second-order valence-electron chi connectivity index (χ2n) is 7.45. The number of halogens is 4. The van der Waals surface area contributed by atoms with Gasteiger partial charge in [0.1, 0.15) is 23.6 Å². The highest BCUT2D eigenvalue weighted by Gasteiger charge is 2.36. The number of fused-ring (bicyclic) bond motifs is 1. The van der Waals surface area contributed by atoms with Crippen LogP contribution in [0.15, 0.2) is 60.8 Å². The lowest BCUT2D eigenvalue weighted by Crippen LogP contribution is -2.32. The Labute approximate surface area is 201 Å². The first-order chi connectivity index (χ1) is 16.5. The van der Waals surface area contributed by atoms with Gasteiger partial charge in [0.05, 0.1) is 11.9 Å². The smallest absolute Gasteiger partial charge is 0.433 e. The number of amides is 1. The number of carbonyl (C=O) groups is 2. The third-order valence-electron chi connectivity index (χ3n) is 4.91. The number of ether oxygens (including phenoxy) is 1. The van der Waals surface area contributed by atoms with Crippen molar-refractivity contribution in [1.29, 1.82) is 0 Å². The van der Waals surface area contributed by atoms with Crippen LogP contribution in [0.25, 0.3) is 16.9 Å². The molecule has 0 spiro atoms. The zero-order valence-corrected chi connectivity index (χ0v) is 18.7. The van der Waals surface area contributed by atoms with E-state index < -0.39 is 30.3 Å². The van der Waals surface area contributed by atoms with Gasteiger partial charge in [0.15, 0.2) is 11.3 Å². The lowest BCUT2D eigenvalue weighted by molar-refractivity contribution is -0.142. The van der Waals surface area contributed by atoms with E-state index in [0.717, 1.165) is 17.2 Å². The van der Waals surface area contributed by atoms with Crippen LogP contribution in [0, 0.1) is 0 Å². The van der Waals surface area contributed by atoms with Crippen molar-refractivity contribution in [3.05, 3.63) is 77.1 Å². The van der Waals surface area contributed by atoms with E-state index in [9.17, 15) is 22.8 Å². The maximum Gasteiger partial charge on any atom is 0.433 e. The topological polar surface area (TPSA) is 97.0 Å². The normalized spacial score (nSPS) is 11.5. The minimum atomic E-state index is -4.80. The molecule has 0 aliphatic heterocycles. The molecule has 180 valence electrons. The van der Waals surface area contributed by atoms with Crippen LogP contribution in [-0.2, 0) is 11.0 Å². The summed E-state index contributed by atoms with van der Waals surface area (Å²) in [4.78, 5) is 28.7. The minimum Gasteiger partial charge on any atom is -0.480 e. The summed E-state index contributed by atoms with van der Waals surface area (Å²) in [5.74, 6) is -1.15. The Morgan fingerprint density at radius 1 is 1.09 bits per heavy atom. The van der Waals surface area contributed by atoms with E-state index in [0.29, 0.717) is 26.6 Å². The van der Waals surface area contributed by atoms with Gasteiger partial charge in [-0.3, -0.25) is 9.59 Å². The van der Waals surface area contributed by atoms with Gasteiger partial charge in [0.25, 0.3) is 5.91 Å². The molecule has 2 aromatic heterocycles. The lowest BCUT2D eigenvalue weighted by Gasteiger charge is -2.14. The number of carboxylic acids is 1. The largest absolute Gasteiger partial charge is 0.480 e. The molecule has 8 nitrogen and oxygen atoms in total. The molecule has 0 atom stereocenters. The SMILES string of the molecule is CN(CC(=O)O)C(=O)c1cnn2c(C(F)(F)F)cc(-c3ccc(Oc4ccc(Cl)cc4)cc3)nc12. The first-order valence-corrected chi connectivity index (χ1v) is 10.4. The number of aromatic nitrogens is 3. The molecule has 2 aromatic carbocycles. The van der Waals surface area contributed by atoms with Gasteiger partial charge in [-0.25, -0.2) is 9.50 Å². The van der Waals surface area contributed by atoms with Gasteiger partial charge in [-0.1, -0.05) is 11.6 Å². The van der Waals surface area contributed by atoms with Crippen molar-refractivity contribution in [3.8, 4) is 22.8 Å². The van der Waals surface area contributed by atoms with Crippen LogP contribution in [0.4, 0.5) is 13.2 Å². The molecule has 1 N–H and O–H groups in total. The van der Waals surface area contributed by atoms with E-state index in [1.54, 1.807) is 36.4 Å². The highest BCUT2D eigenvalue weighted by Crippen LogP contribution is 2.33. The lowest BCUT2D eigenvalue weighted by atomic mass is 10.1. The Morgan fingerprint density at radius 2 is 1.69 bits per heavy atom. The molecule has 0 fully saturated rings. The number of hydrogen-bond acceptors (Lipinski definition) is 5. The van der Waals surface area contributed by atoms with Crippen LogP contribution in [0.1, 0.15) is 16.1 Å². The maximum absolute atomic E-state index is 13.8. The molecule has 0 saturated heterocycles. The minimum absolute atomic E-state index is 0.0571. The summed E-state index contributed by atoms with van der Waals surface area (Å²) in [7, 11) is 1.22. The number of alkyl halides is 3. The van der Waals surface area contributed by atoms with Crippen molar-refractivity contribution >= 4 is 29.1 Å². The molecule has 4 aromatic rings. The predicted octanol–water partition coefficient (Wildman–Crippen LogP) is 5.02. The van der Waals surface area contributed by atoms with E-state index in [1.165, 1.54) is 19.2 Å². The Bertz CT molecular complexity index is 1400. The zero-order valence-electron chi connectivity index (χ0n) is 18.0. The first kappa shape index (κ1) is 24.0. The second-order valence-corrected chi connectivity index (χ2v) is 7.89. The van der Waals surface area contributed by atoms with E-state index in [1.807, 2.05) is 0 Å². The van der Waals surface area contributed by atoms with Gasteiger partial charge in [-0.2, -0.15) is 18.3 Å². The summed E-state index contributed by atoms with van der Waals surface area (Å²) < 4.78 is 47.6. The molecular formula is C23H16ClF3N4O4. The van der Waals surface area contributed by atoms with Crippen LogP contribution in [-0.4, -0.2) is 50.1 Å². The van der Waals surface area contributed by atoms with Crippen LogP contribution in [0.2, 0.25) is 5.02 Å².